The minimum Gasteiger partial charge on any atom is -0.468 e. The fourth-order valence-electron chi connectivity index (χ4n) is 3.85. The maximum Gasteiger partial charge on any atom is 0.327 e. The van der Waals surface area contributed by atoms with Crippen LogP contribution < -0.4 is 5.73 Å². The number of piperidine rings is 1. The van der Waals surface area contributed by atoms with E-state index in [2.05, 4.69) is 4.90 Å². The summed E-state index contributed by atoms with van der Waals surface area (Å²) in [5.41, 5.74) is 7.14. The van der Waals surface area contributed by atoms with Crippen LogP contribution in [0.5, 0.6) is 0 Å². The number of rotatable bonds is 3. The molecule has 20 heavy (non-hydrogen) atoms. The summed E-state index contributed by atoms with van der Waals surface area (Å²) in [4.78, 5) is 14.7. The topological polar surface area (TPSA) is 55.6 Å². The summed E-state index contributed by atoms with van der Waals surface area (Å²) in [6, 6.07) is 10.8. The van der Waals surface area contributed by atoms with Gasteiger partial charge < -0.3 is 10.5 Å². The maximum atomic E-state index is 12.3. The molecule has 2 saturated heterocycles. The van der Waals surface area contributed by atoms with Crippen molar-refractivity contribution in [3.8, 4) is 0 Å². The minimum atomic E-state index is -0.286. The van der Waals surface area contributed by atoms with Crippen LogP contribution in [-0.2, 0) is 9.53 Å². The molecule has 1 aromatic carbocycles. The van der Waals surface area contributed by atoms with Crippen LogP contribution >= 0.6 is 0 Å². The Hall–Kier alpha value is -1.39. The Bertz CT molecular complexity index is 463. The molecule has 2 fully saturated rings. The van der Waals surface area contributed by atoms with Gasteiger partial charge in [-0.2, -0.15) is 0 Å². The van der Waals surface area contributed by atoms with Gasteiger partial charge in [0.25, 0.3) is 0 Å². The number of fused-ring (bicyclic) bond motifs is 2. The second-order valence-electron chi connectivity index (χ2n) is 5.90. The highest BCUT2D eigenvalue weighted by Crippen LogP contribution is 2.41. The first-order valence-corrected chi connectivity index (χ1v) is 7.36. The van der Waals surface area contributed by atoms with E-state index >= 15 is 0 Å². The van der Waals surface area contributed by atoms with Crippen molar-refractivity contribution in [1.82, 2.24) is 4.90 Å². The molecule has 4 nitrogen and oxygen atoms in total. The van der Waals surface area contributed by atoms with E-state index in [1.807, 2.05) is 30.3 Å². The first kappa shape index (κ1) is 13.6. The first-order chi connectivity index (χ1) is 9.70. The lowest BCUT2D eigenvalue weighted by Gasteiger charge is -2.41. The SMILES string of the molecule is COC(=O)C(c1ccccc1)N1C2CCC1CC(N)C2. The summed E-state index contributed by atoms with van der Waals surface area (Å²) in [7, 11) is 1.47. The zero-order valence-corrected chi connectivity index (χ0v) is 11.9. The third-order valence-corrected chi connectivity index (χ3v) is 4.66. The van der Waals surface area contributed by atoms with Crippen molar-refractivity contribution in [2.75, 3.05) is 7.11 Å². The van der Waals surface area contributed by atoms with Crippen molar-refractivity contribution in [3.05, 3.63) is 35.9 Å². The van der Waals surface area contributed by atoms with E-state index in [-0.39, 0.29) is 18.1 Å². The summed E-state index contributed by atoms with van der Waals surface area (Å²) in [6.07, 6.45) is 4.24. The van der Waals surface area contributed by atoms with E-state index in [4.69, 9.17) is 10.5 Å². The molecule has 0 saturated carbocycles. The molecule has 2 aliphatic rings. The predicted octanol–water partition coefficient (Wildman–Crippen LogP) is 1.85. The molecular weight excluding hydrogens is 252 g/mol. The van der Waals surface area contributed by atoms with Gasteiger partial charge in [0, 0.05) is 18.1 Å². The van der Waals surface area contributed by atoms with Gasteiger partial charge >= 0.3 is 5.97 Å². The molecule has 0 aliphatic carbocycles. The number of nitrogens with two attached hydrogens (primary N) is 1. The Balaban J connectivity index is 1.93. The molecule has 4 heteroatoms. The van der Waals surface area contributed by atoms with Gasteiger partial charge in [-0.15, -0.1) is 0 Å². The van der Waals surface area contributed by atoms with E-state index in [1.165, 1.54) is 7.11 Å². The Morgan fingerprint density at radius 3 is 2.40 bits per heavy atom. The summed E-state index contributed by atoms with van der Waals surface area (Å²) in [6.45, 7) is 0. The van der Waals surface area contributed by atoms with Crippen LogP contribution in [0.3, 0.4) is 0 Å². The van der Waals surface area contributed by atoms with Crippen molar-refractivity contribution in [3.63, 3.8) is 0 Å². The number of hydrogen-bond donors (Lipinski definition) is 1. The monoisotopic (exact) mass is 274 g/mol. The number of carbonyl (C=O) groups is 1. The Labute approximate surface area is 119 Å². The van der Waals surface area contributed by atoms with Crippen LogP contribution in [0.2, 0.25) is 0 Å². The molecule has 3 atom stereocenters. The Morgan fingerprint density at radius 1 is 1.25 bits per heavy atom. The third-order valence-electron chi connectivity index (χ3n) is 4.66. The van der Waals surface area contributed by atoms with Gasteiger partial charge in [0.1, 0.15) is 6.04 Å². The molecule has 2 bridgehead atoms. The highest BCUT2D eigenvalue weighted by atomic mass is 16.5. The molecule has 0 amide bonds. The van der Waals surface area contributed by atoms with Crippen molar-refractivity contribution >= 4 is 5.97 Å². The van der Waals surface area contributed by atoms with E-state index in [1.54, 1.807) is 0 Å². The largest absolute Gasteiger partial charge is 0.468 e. The van der Waals surface area contributed by atoms with Gasteiger partial charge in [0.15, 0.2) is 0 Å². The average Bonchev–Trinajstić information content (AvgIpc) is 2.72. The van der Waals surface area contributed by atoms with Crippen LogP contribution in [-0.4, -0.2) is 36.1 Å². The molecule has 3 unspecified atom stereocenters. The van der Waals surface area contributed by atoms with Crippen molar-refractivity contribution < 1.29 is 9.53 Å². The number of ether oxygens (including phenoxy) is 1. The van der Waals surface area contributed by atoms with Gasteiger partial charge in [-0.3, -0.25) is 4.90 Å². The Kier molecular flexibility index (Phi) is 3.76. The number of carbonyl (C=O) groups excluding carboxylic acids is 1. The molecule has 0 aromatic heterocycles. The Morgan fingerprint density at radius 2 is 1.85 bits per heavy atom. The summed E-state index contributed by atoms with van der Waals surface area (Å²) in [5.74, 6) is -0.163. The van der Waals surface area contributed by atoms with E-state index < -0.39 is 0 Å². The van der Waals surface area contributed by atoms with E-state index in [0.29, 0.717) is 12.1 Å². The quantitative estimate of drug-likeness (QED) is 0.855. The molecule has 0 radical (unpaired) electrons. The molecule has 2 aliphatic heterocycles. The second kappa shape index (κ2) is 5.54. The van der Waals surface area contributed by atoms with Crippen molar-refractivity contribution in [2.45, 2.75) is 49.9 Å². The van der Waals surface area contributed by atoms with Gasteiger partial charge in [0.05, 0.1) is 7.11 Å². The lowest BCUT2D eigenvalue weighted by atomic mass is 9.93. The highest BCUT2D eigenvalue weighted by Gasteiger charge is 2.46. The number of hydrogen-bond acceptors (Lipinski definition) is 4. The van der Waals surface area contributed by atoms with Crippen LogP contribution in [0.1, 0.15) is 37.3 Å². The maximum absolute atomic E-state index is 12.3. The van der Waals surface area contributed by atoms with E-state index in [0.717, 1.165) is 31.2 Å². The molecule has 1 aromatic rings. The van der Waals surface area contributed by atoms with Crippen molar-refractivity contribution in [2.24, 2.45) is 5.73 Å². The zero-order valence-electron chi connectivity index (χ0n) is 11.9. The summed E-state index contributed by atoms with van der Waals surface area (Å²) in [5, 5.41) is 0. The van der Waals surface area contributed by atoms with Crippen LogP contribution in [0.25, 0.3) is 0 Å². The number of methoxy groups -OCH3 is 1. The first-order valence-electron chi connectivity index (χ1n) is 7.36. The molecule has 2 N–H and O–H groups in total. The van der Waals surface area contributed by atoms with Crippen LogP contribution in [0.15, 0.2) is 30.3 Å². The summed E-state index contributed by atoms with van der Waals surface area (Å²) >= 11 is 0. The second-order valence-corrected chi connectivity index (χ2v) is 5.90. The predicted molar refractivity (Wildman–Crippen MR) is 77.1 cm³/mol. The summed E-state index contributed by atoms with van der Waals surface area (Å²) < 4.78 is 5.06. The van der Waals surface area contributed by atoms with Gasteiger partial charge in [-0.1, -0.05) is 30.3 Å². The fraction of sp³-hybridized carbons (Fsp3) is 0.562. The molecule has 3 rings (SSSR count). The molecular formula is C16H22N2O2. The standard InChI is InChI=1S/C16H22N2O2/c1-20-16(19)15(11-5-3-2-4-6-11)18-13-7-8-14(18)10-12(17)9-13/h2-6,12-15H,7-10,17H2,1H3. The third kappa shape index (κ3) is 2.34. The normalized spacial score (nSPS) is 31.0. The molecule has 0 spiro atoms. The van der Waals surface area contributed by atoms with Gasteiger partial charge in [-0.25, -0.2) is 4.79 Å². The lowest BCUT2D eigenvalue weighted by molar-refractivity contribution is -0.149. The average molecular weight is 274 g/mol. The smallest absolute Gasteiger partial charge is 0.327 e. The van der Waals surface area contributed by atoms with Gasteiger partial charge in [-0.05, 0) is 31.2 Å². The molecule has 108 valence electrons. The number of esters is 1. The fourth-order valence-corrected chi connectivity index (χ4v) is 3.85. The van der Waals surface area contributed by atoms with Crippen LogP contribution in [0.4, 0.5) is 0 Å². The van der Waals surface area contributed by atoms with Gasteiger partial charge in [0.2, 0.25) is 0 Å². The lowest BCUT2D eigenvalue weighted by Crippen LogP contribution is -2.50. The number of nitrogens with zero attached hydrogens (tertiary/aromatic N) is 1. The van der Waals surface area contributed by atoms with Crippen LogP contribution in [0, 0.1) is 0 Å². The highest BCUT2D eigenvalue weighted by molar-refractivity contribution is 5.77. The number of benzene rings is 1. The van der Waals surface area contributed by atoms with Crippen molar-refractivity contribution in [1.29, 1.82) is 0 Å². The minimum absolute atomic E-state index is 0.163. The van der Waals surface area contributed by atoms with E-state index in [9.17, 15) is 4.79 Å². The zero-order chi connectivity index (χ0) is 14.1. The molecule has 2 heterocycles.